The van der Waals surface area contributed by atoms with Crippen LogP contribution >= 0.6 is 11.6 Å². The summed E-state index contributed by atoms with van der Waals surface area (Å²) < 4.78 is 5.74. The number of benzene rings is 2. The van der Waals surface area contributed by atoms with E-state index in [1.54, 1.807) is 18.2 Å². The molecule has 0 aliphatic carbocycles. The summed E-state index contributed by atoms with van der Waals surface area (Å²) in [5.74, 6) is 1.78. The van der Waals surface area contributed by atoms with Gasteiger partial charge in [-0.05, 0) is 48.2 Å². The van der Waals surface area contributed by atoms with Crippen LogP contribution in [-0.2, 0) is 0 Å². The summed E-state index contributed by atoms with van der Waals surface area (Å²) in [6, 6.07) is 15.1. The lowest BCUT2D eigenvalue weighted by molar-refractivity contribution is 0.480. The van der Waals surface area contributed by atoms with Gasteiger partial charge in [-0.2, -0.15) is 5.26 Å². The normalized spacial score (nSPS) is 11.7. The molecule has 0 saturated heterocycles. The third kappa shape index (κ3) is 3.31. The quantitative estimate of drug-likeness (QED) is 0.741. The van der Waals surface area contributed by atoms with Crippen molar-refractivity contribution in [1.82, 2.24) is 0 Å². The fourth-order valence-electron chi connectivity index (χ4n) is 1.91. The summed E-state index contributed by atoms with van der Waals surface area (Å²) in [6.45, 7) is 4.37. The predicted octanol–water partition coefficient (Wildman–Crippen LogP) is 5.52. The number of ether oxygens (including phenoxy) is 1. The summed E-state index contributed by atoms with van der Waals surface area (Å²) in [4.78, 5) is 0. The van der Waals surface area contributed by atoms with Gasteiger partial charge in [0.1, 0.15) is 17.6 Å². The number of nitriles is 1. The Morgan fingerprint density at radius 1 is 1.20 bits per heavy atom. The van der Waals surface area contributed by atoms with Gasteiger partial charge in [-0.1, -0.05) is 37.6 Å². The number of halogens is 1. The molecule has 3 heteroatoms. The number of rotatable bonds is 4. The van der Waals surface area contributed by atoms with Crippen molar-refractivity contribution in [3.63, 3.8) is 0 Å². The van der Waals surface area contributed by atoms with Crippen LogP contribution < -0.4 is 4.74 Å². The van der Waals surface area contributed by atoms with Gasteiger partial charge in [-0.25, -0.2) is 0 Å². The summed E-state index contributed by atoms with van der Waals surface area (Å²) in [6.07, 6.45) is 1.11. The molecule has 1 unspecified atom stereocenters. The minimum atomic E-state index is 0.434. The zero-order valence-electron chi connectivity index (χ0n) is 11.6. The smallest absolute Gasteiger partial charge is 0.145 e. The van der Waals surface area contributed by atoms with Crippen molar-refractivity contribution >= 4 is 11.6 Å². The van der Waals surface area contributed by atoms with Crippen molar-refractivity contribution in [3.8, 4) is 17.6 Å². The molecule has 0 bridgehead atoms. The van der Waals surface area contributed by atoms with E-state index in [0.717, 1.165) is 12.2 Å². The minimum absolute atomic E-state index is 0.434. The van der Waals surface area contributed by atoms with E-state index in [1.165, 1.54) is 5.56 Å². The van der Waals surface area contributed by atoms with Crippen molar-refractivity contribution < 1.29 is 4.74 Å². The van der Waals surface area contributed by atoms with Gasteiger partial charge < -0.3 is 4.74 Å². The maximum atomic E-state index is 9.08. The first-order valence-corrected chi connectivity index (χ1v) is 6.99. The minimum Gasteiger partial charge on any atom is -0.456 e. The van der Waals surface area contributed by atoms with Crippen LogP contribution in [0.15, 0.2) is 42.5 Å². The second kappa shape index (κ2) is 6.45. The van der Waals surface area contributed by atoms with Crippen LogP contribution in [-0.4, -0.2) is 0 Å². The number of hydrogen-bond acceptors (Lipinski definition) is 2. The van der Waals surface area contributed by atoms with Crippen LogP contribution in [0, 0.1) is 11.3 Å². The first-order valence-electron chi connectivity index (χ1n) is 6.61. The maximum absolute atomic E-state index is 9.08. The van der Waals surface area contributed by atoms with Crippen LogP contribution in [0.3, 0.4) is 0 Å². The zero-order chi connectivity index (χ0) is 14.5. The van der Waals surface area contributed by atoms with E-state index in [2.05, 4.69) is 32.0 Å². The van der Waals surface area contributed by atoms with Crippen molar-refractivity contribution in [2.45, 2.75) is 26.2 Å². The Morgan fingerprint density at radius 3 is 2.50 bits per heavy atom. The highest BCUT2D eigenvalue weighted by atomic mass is 35.5. The lowest BCUT2D eigenvalue weighted by Gasteiger charge is -2.11. The molecule has 0 fully saturated rings. The predicted molar refractivity (Wildman–Crippen MR) is 81.4 cm³/mol. The number of hydrogen-bond donors (Lipinski definition) is 0. The third-order valence-electron chi connectivity index (χ3n) is 3.35. The molecule has 2 aromatic rings. The molecular formula is C17H16ClNO. The highest BCUT2D eigenvalue weighted by molar-refractivity contribution is 6.30. The van der Waals surface area contributed by atoms with Gasteiger partial charge in [0.15, 0.2) is 0 Å². The second-order valence-corrected chi connectivity index (χ2v) is 5.17. The van der Waals surface area contributed by atoms with Crippen LogP contribution in [0.2, 0.25) is 5.02 Å². The van der Waals surface area contributed by atoms with Gasteiger partial charge in [0, 0.05) is 5.02 Å². The molecule has 0 aliphatic rings. The molecule has 0 aliphatic heterocycles. The van der Waals surface area contributed by atoms with Gasteiger partial charge in [0.25, 0.3) is 0 Å². The Morgan fingerprint density at radius 2 is 1.90 bits per heavy atom. The Bertz CT molecular complexity index is 628. The molecule has 1 atom stereocenters. The van der Waals surface area contributed by atoms with Gasteiger partial charge in [0.2, 0.25) is 0 Å². The van der Waals surface area contributed by atoms with Crippen molar-refractivity contribution in [2.24, 2.45) is 0 Å². The third-order valence-corrected chi connectivity index (χ3v) is 3.59. The van der Waals surface area contributed by atoms with Gasteiger partial charge in [-0.15, -0.1) is 0 Å². The lowest BCUT2D eigenvalue weighted by Crippen LogP contribution is -1.92. The molecule has 102 valence electrons. The van der Waals surface area contributed by atoms with E-state index in [-0.39, 0.29) is 0 Å². The highest BCUT2D eigenvalue weighted by Crippen LogP contribution is 2.28. The molecule has 0 N–H and O–H groups in total. The Kier molecular flexibility index (Phi) is 4.65. The summed E-state index contributed by atoms with van der Waals surface area (Å²) in [7, 11) is 0. The average molecular weight is 286 g/mol. The van der Waals surface area contributed by atoms with Crippen LogP contribution in [0.25, 0.3) is 0 Å². The molecule has 0 amide bonds. The van der Waals surface area contributed by atoms with E-state index in [0.29, 0.717) is 22.3 Å². The Labute approximate surface area is 124 Å². The van der Waals surface area contributed by atoms with Gasteiger partial charge >= 0.3 is 0 Å². The molecule has 2 nitrogen and oxygen atoms in total. The van der Waals surface area contributed by atoms with E-state index in [1.807, 2.05) is 12.1 Å². The largest absolute Gasteiger partial charge is 0.456 e. The van der Waals surface area contributed by atoms with E-state index in [4.69, 9.17) is 21.6 Å². The molecule has 2 rings (SSSR count). The molecular weight excluding hydrogens is 270 g/mol. The Hall–Kier alpha value is -1.98. The monoisotopic (exact) mass is 285 g/mol. The van der Waals surface area contributed by atoms with Crippen molar-refractivity contribution in [3.05, 3.63) is 58.6 Å². The summed E-state index contributed by atoms with van der Waals surface area (Å²) in [5, 5.41) is 9.61. The highest BCUT2D eigenvalue weighted by Gasteiger charge is 2.07. The first-order chi connectivity index (χ1) is 9.63. The Balaban J connectivity index is 2.21. The fraction of sp³-hybridized carbons (Fsp3) is 0.235. The fourth-order valence-corrected chi connectivity index (χ4v) is 2.08. The molecule has 2 aromatic carbocycles. The van der Waals surface area contributed by atoms with Crippen molar-refractivity contribution in [2.75, 3.05) is 0 Å². The lowest BCUT2D eigenvalue weighted by atomic mass is 9.99. The van der Waals surface area contributed by atoms with Crippen LogP contribution in [0.5, 0.6) is 11.5 Å². The second-order valence-electron chi connectivity index (χ2n) is 4.73. The number of nitrogens with zero attached hydrogens (tertiary/aromatic N) is 1. The standard InChI is InChI=1S/C17H16ClNO/c1-3-12(2)13-4-7-16(8-5-13)20-17-9-6-15(18)10-14(17)11-19/h4-10,12H,3H2,1-2H3. The van der Waals surface area contributed by atoms with Gasteiger partial charge in [0.05, 0.1) is 5.56 Å². The first kappa shape index (κ1) is 14.4. The van der Waals surface area contributed by atoms with Crippen molar-refractivity contribution in [1.29, 1.82) is 5.26 Å². The molecule has 0 aromatic heterocycles. The molecule has 20 heavy (non-hydrogen) atoms. The SMILES string of the molecule is CCC(C)c1ccc(Oc2ccc(Cl)cc2C#N)cc1. The average Bonchev–Trinajstić information content (AvgIpc) is 2.49. The summed E-state index contributed by atoms with van der Waals surface area (Å²) in [5.41, 5.74) is 1.72. The van der Waals surface area contributed by atoms with Crippen LogP contribution in [0.4, 0.5) is 0 Å². The van der Waals surface area contributed by atoms with Crippen LogP contribution in [0.1, 0.15) is 37.3 Å². The molecule has 0 spiro atoms. The van der Waals surface area contributed by atoms with E-state index in [9.17, 15) is 0 Å². The molecule has 0 heterocycles. The van der Waals surface area contributed by atoms with E-state index >= 15 is 0 Å². The topological polar surface area (TPSA) is 33.0 Å². The molecule has 0 radical (unpaired) electrons. The maximum Gasteiger partial charge on any atom is 0.145 e. The van der Waals surface area contributed by atoms with E-state index < -0.39 is 0 Å². The summed E-state index contributed by atoms with van der Waals surface area (Å²) >= 11 is 5.86. The molecule has 0 saturated carbocycles. The van der Waals surface area contributed by atoms with Gasteiger partial charge in [-0.3, -0.25) is 0 Å². The zero-order valence-corrected chi connectivity index (χ0v) is 12.3.